The van der Waals surface area contributed by atoms with E-state index in [1.807, 2.05) is 60.7 Å². The van der Waals surface area contributed by atoms with Crippen molar-refractivity contribution in [3.05, 3.63) is 126 Å². The Morgan fingerprint density at radius 3 is 1.80 bits per heavy atom. The number of amides is 1. The molecule has 0 aliphatic rings. The number of primary amides is 1. The molecule has 0 saturated heterocycles. The fourth-order valence-corrected chi connectivity index (χ4v) is 4.20. The number of nitrogens with one attached hydrogen (secondary N) is 1. The van der Waals surface area contributed by atoms with Gasteiger partial charge in [0, 0.05) is 23.6 Å². The molecule has 0 saturated carbocycles. The Bertz CT molecular complexity index is 1580. The molecule has 0 atom stereocenters. The van der Waals surface area contributed by atoms with Crippen LogP contribution in [0.15, 0.2) is 97.3 Å². The number of carbonyl (C=O) groups excluding carboxylic acids is 1. The topological polar surface area (TPSA) is 125 Å². The van der Waals surface area contributed by atoms with Gasteiger partial charge in [0.2, 0.25) is 28.9 Å². The number of aromatic nitrogens is 4. The summed E-state index contributed by atoms with van der Waals surface area (Å²) in [6, 6.07) is 26.5. The minimum atomic E-state index is -0.464. The quantitative estimate of drug-likeness (QED) is 0.123. The molecule has 0 fully saturated rings. The summed E-state index contributed by atoms with van der Waals surface area (Å²) >= 11 is 9.94. The second-order valence-electron chi connectivity index (χ2n) is 8.25. The van der Waals surface area contributed by atoms with Crippen molar-refractivity contribution in [2.75, 3.05) is 5.32 Å². The Morgan fingerprint density at radius 2 is 1.27 bits per heavy atom. The number of carbonyl (C=O) groups is 1. The van der Waals surface area contributed by atoms with Crippen molar-refractivity contribution >= 4 is 74.3 Å². The summed E-state index contributed by atoms with van der Waals surface area (Å²) in [5.41, 5.74) is 8.58. The molecule has 0 bridgehead atoms. The zero-order valence-corrected chi connectivity index (χ0v) is 26.4. The lowest BCUT2D eigenvalue weighted by Gasteiger charge is -2.10. The lowest BCUT2D eigenvalue weighted by molar-refractivity contribution is 0.100. The smallest absolute Gasteiger partial charge is 0.248 e. The monoisotopic (exact) mass is 792 g/mol. The summed E-state index contributed by atoms with van der Waals surface area (Å²) in [6.07, 6.45) is 3.32. The molecule has 5 aromatic rings. The van der Waals surface area contributed by atoms with Crippen LogP contribution >= 0.6 is 56.8 Å². The lowest BCUT2D eigenvalue weighted by atomic mass is 10.2. The molecule has 1 amide bonds. The zero-order valence-electron chi connectivity index (χ0n) is 21.4. The van der Waals surface area contributed by atoms with Crippen molar-refractivity contribution in [1.29, 1.82) is 0 Å². The van der Waals surface area contributed by atoms with Gasteiger partial charge in [-0.25, -0.2) is 9.97 Å². The van der Waals surface area contributed by atoms with Crippen LogP contribution in [0, 0.1) is 7.14 Å². The standard InChI is InChI=1S/C18H15IN4O2.C11H8ClIN2O/c19-15-10-21-18(22-14-8-6-13(7-9-14)16(20)24)23-17(15)25-11-12-4-2-1-3-5-12;12-11-14-6-9(13)10(15-11)16-7-8-4-2-1-3-5-8/h1-10H,11H2,(H2,20,24)(H,21,22,23);1-6H,7H2. The van der Waals surface area contributed by atoms with Gasteiger partial charge in [0.1, 0.15) is 13.2 Å². The molecule has 208 valence electrons. The molecule has 5 rings (SSSR count). The predicted octanol–water partition coefficient (Wildman–Crippen LogP) is 6.82. The SMILES string of the molecule is Clc1ncc(I)c(OCc2ccccc2)n1.NC(=O)c1ccc(Nc2ncc(I)c(OCc3ccccc3)n2)cc1. The van der Waals surface area contributed by atoms with Gasteiger partial charge in [-0.05, 0) is 92.2 Å². The van der Waals surface area contributed by atoms with E-state index in [-0.39, 0.29) is 5.28 Å². The van der Waals surface area contributed by atoms with Crippen LogP contribution in [-0.2, 0) is 13.2 Å². The molecular weight excluding hydrogens is 770 g/mol. The second-order valence-corrected chi connectivity index (χ2v) is 10.9. The van der Waals surface area contributed by atoms with Crippen molar-refractivity contribution in [3.63, 3.8) is 0 Å². The van der Waals surface area contributed by atoms with Crippen LogP contribution in [0.2, 0.25) is 5.28 Å². The first-order valence-corrected chi connectivity index (χ1v) is 14.6. The van der Waals surface area contributed by atoms with Gasteiger partial charge in [0.05, 0.1) is 7.14 Å². The third-order valence-electron chi connectivity index (χ3n) is 5.26. The number of benzene rings is 3. The fourth-order valence-electron chi connectivity index (χ4n) is 3.24. The van der Waals surface area contributed by atoms with E-state index in [1.165, 1.54) is 0 Å². The number of nitrogens with zero attached hydrogens (tertiary/aromatic N) is 4. The normalized spacial score (nSPS) is 10.2. The number of halogens is 3. The fraction of sp³-hybridized carbons (Fsp3) is 0.0690. The molecule has 3 N–H and O–H groups in total. The average Bonchev–Trinajstić information content (AvgIpc) is 2.99. The Hall–Kier alpha value is -3.56. The zero-order chi connectivity index (χ0) is 29.0. The molecule has 2 aromatic heterocycles. The minimum Gasteiger partial charge on any atom is -0.472 e. The van der Waals surface area contributed by atoms with Gasteiger partial charge in [-0.15, -0.1) is 0 Å². The van der Waals surface area contributed by atoms with Gasteiger partial charge in [0.15, 0.2) is 0 Å². The van der Waals surface area contributed by atoms with Crippen LogP contribution in [0.1, 0.15) is 21.5 Å². The van der Waals surface area contributed by atoms with E-state index in [1.54, 1.807) is 36.7 Å². The molecule has 0 radical (unpaired) electrons. The molecule has 0 unspecified atom stereocenters. The van der Waals surface area contributed by atoms with Crippen molar-refractivity contribution in [2.24, 2.45) is 5.73 Å². The summed E-state index contributed by atoms with van der Waals surface area (Å²) in [6.45, 7) is 0.908. The van der Waals surface area contributed by atoms with Crippen LogP contribution in [0.3, 0.4) is 0 Å². The maximum absolute atomic E-state index is 11.1. The first-order valence-electron chi connectivity index (χ1n) is 12.1. The highest BCUT2D eigenvalue weighted by atomic mass is 127. The minimum absolute atomic E-state index is 0.198. The maximum atomic E-state index is 11.1. The van der Waals surface area contributed by atoms with E-state index in [9.17, 15) is 4.79 Å². The summed E-state index contributed by atoms with van der Waals surface area (Å²) in [4.78, 5) is 27.6. The third-order valence-corrected chi connectivity index (χ3v) is 6.92. The highest BCUT2D eigenvalue weighted by Gasteiger charge is 2.08. The second kappa shape index (κ2) is 15.4. The summed E-state index contributed by atoms with van der Waals surface area (Å²) < 4.78 is 13.0. The Balaban J connectivity index is 0.000000208. The predicted molar refractivity (Wildman–Crippen MR) is 174 cm³/mol. The summed E-state index contributed by atoms with van der Waals surface area (Å²) in [7, 11) is 0. The van der Waals surface area contributed by atoms with Crippen molar-refractivity contribution in [2.45, 2.75) is 13.2 Å². The number of hydrogen-bond acceptors (Lipinski definition) is 8. The number of anilines is 2. The van der Waals surface area contributed by atoms with Gasteiger partial charge in [-0.2, -0.15) is 9.97 Å². The lowest BCUT2D eigenvalue weighted by Crippen LogP contribution is -2.10. The highest BCUT2D eigenvalue weighted by molar-refractivity contribution is 14.1. The molecule has 9 nitrogen and oxygen atoms in total. The number of nitrogens with two attached hydrogens (primary N) is 1. The number of hydrogen-bond donors (Lipinski definition) is 2. The summed E-state index contributed by atoms with van der Waals surface area (Å²) in [5, 5.41) is 3.28. The van der Waals surface area contributed by atoms with E-state index in [0.717, 1.165) is 24.0 Å². The molecule has 41 heavy (non-hydrogen) atoms. The molecule has 3 aromatic carbocycles. The largest absolute Gasteiger partial charge is 0.472 e. The highest BCUT2D eigenvalue weighted by Crippen LogP contribution is 2.22. The Labute approximate surface area is 269 Å². The Morgan fingerprint density at radius 1 is 0.756 bits per heavy atom. The third kappa shape index (κ3) is 9.79. The van der Waals surface area contributed by atoms with Gasteiger partial charge < -0.3 is 20.5 Å². The van der Waals surface area contributed by atoms with Crippen LogP contribution in [0.25, 0.3) is 0 Å². The van der Waals surface area contributed by atoms with Gasteiger partial charge in [-0.3, -0.25) is 4.79 Å². The molecule has 2 heterocycles. The first-order chi connectivity index (χ1) is 19.9. The van der Waals surface area contributed by atoms with Crippen LogP contribution in [-0.4, -0.2) is 25.8 Å². The Kier molecular flexibility index (Phi) is 11.5. The van der Waals surface area contributed by atoms with Gasteiger partial charge in [-0.1, -0.05) is 60.7 Å². The van der Waals surface area contributed by atoms with Gasteiger partial charge >= 0.3 is 0 Å². The molecular formula is C29H23ClI2N6O3. The molecule has 0 aliphatic carbocycles. The van der Waals surface area contributed by atoms with Crippen molar-refractivity contribution < 1.29 is 14.3 Å². The molecule has 0 spiro atoms. The van der Waals surface area contributed by atoms with Crippen LogP contribution in [0.5, 0.6) is 11.8 Å². The van der Waals surface area contributed by atoms with E-state index in [4.69, 9.17) is 26.8 Å². The summed E-state index contributed by atoms with van der Waals surface area (Å²) in [5.74, 6) is 0.976. The van der Waals surface area contributed by atoms with Crippen LogP contribution in [0.4, 0.5) is 11.6 Å². The van der Waals surface area contributed by atoms with E-state index >= 15 is 0 Å². The number of rotatable bonds is 9. The molecule has 0 aliphatic heterocycles. The van der Waals surface area contributed by atoms with Crippen molar-refractivity contribution in [1.82, 2.24) is 19.9 Å². The number of ether oxygens (including phenoxy) is 2. The first kappa shape index (κ1) is 30.4. The van der Waals surface area contributed by atoms with E-state index in [2.05, 4.69) is 70.4 Å². The van der Waals surface area contributed by atoms with Crippen molar-refractivity contribution in [3.8, 4) is 11.8 Å². The van der Waals surface area contributed by atoms with E-state index < -0.39 is 5.91 Å². The molecule has 12 heteroatoms. The average molecular weight is 793 g/mol. The maximum Gasteiger partial charge on any atom is 0.248 e. The van der Waals surface area contributed by atoms with Crippen LogP contribution < -0.4 is 20.5 Å². The van der Waals surface area contributed by atoms with E-state index in [0.29, 0.717) is 36.5 Å². The van der Waals surface area contributed by atoms with Gasteiger partial charge in [0.25, 0.3) is 0 Å².